The summed E-state index contributed by atoms with van der Waals surface area (Å²) in [7, 11) is 0. The molecule has 1 saturated carbocycles. The smallest absolute Gasteiger partial charge is 0.353 e. The highest BCUT2D eigenvalue weighted by Gasteiger charge is 2.49. The second kappa shape index (κ2) is 6.19. The first-order valence-corrected chi connectivity index (χ1v) is 8.78. The van der Waals surface area contributed by atoms with Crippen LogP contribution in [0.5, 0.6) is 0 Å². The van der Waals surface area contributed by atoms with E-state index >= 15 is 0 Å². The molecule has 0 aromatic carbocycles. The van der Waals surface area contributed by atoms with Crippen LogP contribution in [-0.4, -0.2) is 40.0 Å². The van der Waals surface area contributed by atoms with E-state index in [0.717, 1.165) is 6.07 Å². The first-order valence-electron chi connectivity index (χ1n) is 8.78. The molecule has 28 heavy (non-hydrogen) atoms. The van der Waals surface area contributed by atoms with E-state index in [1.165, 1.54) is 9.47 Å². The Bertz CT molecular complexity index is 1060. The molecule has 2 atom stereocenters. The summed E-state index contributed by atoms with van der Waals surface area (Å²) in [5, 5.41) is -0.197. The Morgan fingerprint density at radius 1 is 1.21 bits per heavy atom. The molecule has 2 fully saturated rings. The number of hydrogen-bond donors (Lipinski definition) is 2. The second-order valence-corrected chi connectivity index (χ2v) is 7.27. The van der Waals surface area contributed by atoms with Crippen LogP contribution in [0.3, 0.4) is 0 Å². The van der Waals surface area contributed by atoms with Gasteiger partial charge in [-0.3, -0.25) is 9.36 Å². The fraction of sp³-hybridized carbons (Fsp3) is 0.562. The normalized spacial score (nSPS) is 23.0. The number of rotatable bonds is 3. The molecule has 8 nitrogen and oxygen atoms in total. The van der Waals surface area contributed by atoms with E-state index in [2.05, 4.69) is 4.98 Å². The minimum absolute atomic E-state index is 0.0737. The van der Waals surface area contributed by atoms with E-state index in [4.69, 9.17) is 11.6 Å². The van der Waals surface area contributed by atoms with Gasteiger partial charge in [-0.1, -0.05) is 0 Å². The number of halogens is 4. The molecular weight excluding hydrogens is 384 g/mol. The van der Waals surface area contributed by atoms with Crippen LogP contribution >= 0.6 is 0 Å². The number of anilines is 1. The van der Waals surface area contributed by atoms with Gasteiger partial charge in [0, 0.05) is 25.0 Å². The summed E-state index contributed by atoms with van der Waals surface area (Å²) >= 11 is 0. The van der Waals surface area contributed by atoms with Crippen LogP contribution in [0.1, 0.15) is 18.9 Å². The maximum absolute atomic E-state index is 14.7. The van der Waals surface area contributed by atoms with Gasteiger partial charge in [0.05, 0.1) is 11.3 Å². The lowest BCUT2D eigenvalue weighted by molar-refractivity contribution is -0.178. The molecular formula is C16H18F4N6O2. The van der Waals surface area contributed by atoms with Crippen LogP contribution in [0.25, 0.3) is 11.0 Å². The number of hydrogen-bond acceptors (Lipinski definition) is 6. The van der Waals surface area contributed by atoms with Crippen molar-refractivity contribution in [3.63, 3.8) is 0 Å². The van der Waals surface area contributed by atoms with E-state index < -0.39 is 41.6 Å². The van der Waals surface area contributed by atoms with Crippen LogP contribution in [-0.2, 0) is 0 Å². The van der Waals surface area contributed by atoms with Crippen molar-refractivity contribution in [3.8, 4) is 0 Å². The Hall–Kier alpha value is -2.63. The minimum Gasteiger partial charge on any atom is -0.353 e. The maximum atomic E-state index is 14.7. The van der Waals surface area contributed by atoms with Crippen molar-refractivity contribution >= 4 is 16.9 Å². The van der Waals surface area contributed by atoms with Crippen molar-refractivity contribution < 1.29 is 17.6 Å². The van der Waals surface area contributed by atoms with Gasteiger partial charge in [-0.25, -0.2) is 14.2 Å². The zero-order chi connectivity index (χ0) is 20.4. The van der Waals surface area contributed by atoms with Gasteiger partial charge in [-0.05, 0) is 25.5 Å². The number of aromatic nitrogens is 3. The molecule has 2 aromatic rings. The first kappa shape index (κ1) is 18.7. The van der Waals surface area contributed by atoms with E-state index in [-0.39, 0.29) is 36.0 Å². The SMILES string of the molecule is NCC1CN(c2nc3c(cc2F)c(=O)n(N)c(=O)n3C2CC2)CC1C(F)(F)F. The molecule has 4 N–H and O–H groups in total. The van der Waals surface area contributed by atoms with Gasteiger partial charge in [0.15, 0.2) is 17.3 Å². The number of alkyl halides is 3. The Balaban J connectivity index is 1.86. The highest BCUT2D eigenvalue weighted by molar-refractivity contribution is 5.77. The second-order valence-electron chi connectivity index (χ2n) is 7.27. The van der Waals surface area contributed by atoms with E-state index in [1.54, 1.807) is 0 Å². The van der Waals surface area contributed by atoms with Crippen molar-refractivity contribution in [2.45, 2.75) is 25.1 Å². The Morgan fingerprint density at radius 3 is 2.43 bits per heavy atom. The van der Waals surface area contributed by atoms with Gasteiger partial charge in [-0.15, -0.1) is 0 Å². The summed E-state index contributed by atoms with van der Waals surface area (Å²) in [6, 6.07) is 0.648. The van der Waals surface area contributed by atoms with Crippen LogP contribution < -0.4 is 27.7 Å². The number of nitrogens with two attached hydrogens (primary N) is 2. The lowest BCUT2D eigenvalue weighted by Crippen LogP contribution is -2.45. The van der Waals surface area contributed by atoms with Crippen LogP contribution in [0.15, 0.2) is 15.7 Å². The predicted octanol–water partition coefficient (Wildman–Crippen LogP) is 0.319. The summed E-state index contributed by atoms with van der Waals surface area (Å²) in [6.07, 6.45) is -3.15. The third-order valence-electron chi connectivity index (χ3n) is 5.40. The zero-order valence-electron chi connectivity index (χ0n) is 14.6. The monoisotopic (exact) mass is 402 g/mol. The number of nitrogen functional groups attached to an aromatic ring is 1. The third kappa shape index (κ3) is 2.82. The molecule has 0 spiro atoms. The average Bonchev–Trinajstić information content (AvgIpc) is 3.36. The van der Waals surface area contributed by atoms with Gasteiger partial charge >= 0.3 is 11.9 Å². The summed E-state index contributed by atoms with van der Waals surface area (Å²) in [5.41, 5.74) is 3.70. The standard InChI is InChI=1S/C16H18F4N6O2/c17-11-3-9-12(25(8-1-2-8)15(28)26(22)14(9)27)23-13(11)24-5-7(4-21)10(6-24)16(18,19)20/h3,7-8,10H,1-2,4-6,21-22H2. The quantitative estimate of drug-likeness (QED) is 0.565. The molecule has 152 valence electrons. The first-order chi connectivity index (χ1) is 13.1. The van der Waals surface area contributed by atoms with Crippen molar-refractivity contribution in [2.24, 2.45) is 17.6 Å². The van der Waals surface area contributed by atoms with Gasteiger partial charge in [0.25, 0.3) is 5.56 Å². The molecule has 0 bridgehead atoms. The van der Waals surface area contributed by atoms with Crippen molar-refractivity contribution in [3.05, 3.63) is 32.7 Å². The third-order valence-corrected chi connectivity index (χ3v) is 5.40. The van der Waals surface area contributed by atoms with Crippen molar-refractivity contribution in [1.29, 1.82) is 0 Å². The Labute approximate surface area is 155 Å². The molecule has 0 amide bonds. The van der Waals surface area contributed by atoms with Crippen LogP contribution in [0.4, 0.5) is 23.4 Å². The number of pyridine rings is 1. The highest BCUT2D eigenvalue weighted by Crippen LogP contribution is 2.40. The fourth-order valence-electron chi connectivity index (χ4n) is 3.77. The summed E-state index contributed by atoms with van der Waals surface area (Å²) in [4.78, 5) is 29.9. The summed E-state index contributed by atoms with van der Waals surface area (Å²) < 4.78 is 56.1. The molecule has 4 rings (SSSR count). The van der Waals surface area contributed by atoms with Crippen LogP contribution in [0, 0.1) is 17.7 Å². The average molecular weight is 402 g/mol. The molecule has 1 saturated heterocycles. The number of nitrogens with zero attached hydrogens (tertiary/aromatic N) is 4. The molecule has 2 unspecified atom stereocenters. The lowest BCUT2D eigenvalue weighted by atomic mass is 9.96. The topological polar surface area (TPSA) is 112 Å². The van der Waals surface area contributed by atoms with Crippen molar-refractivity contribution in [2.75, 3.05) is 30.4 Å². The van der Waals surface area contributed by atoms with Crippen molar-refractivity contribution in [1.82, 2.24) is 14.2 Å². The minimum atomic E-state index is -4.48. The van der Waals surface area contributed by atoms with E-state index in [9.17, 15) is 27.2 Å². The van der Waals surface area contributed by atoms with E-state index in [0.29, 0.717) is 17.5 Å². The highest BCUT2D eigenvalue weighted by atomic mass is 19.4. The molecule has 3 heterocycles. The lowest BCUT2D eigenvalue weighted by Gasteiger charge is -2.20. The van der Waals surface area contributed by atoms with E-state index in [1.807, 2.05) is 0 Å². The molecule has 2 aromatic heterocycles. The maximum Gasteiger partial charge on any atom is 0.393 e. The molecule has 0 radical (unpaired) electrons. The van der Waals surface area contributed by atoms with Gasteiger partial charge < -0.3 is 16.5 Å². The Morgan fingerprint density at radius 2 is 1.89 bits per heavy atom. The summed E-state index contributed by atoms with van der Waals surface area (Å²) in [5.74, 6) is 1.60. The van der Waals surface area contributed by atoms with Gasteiger partial charge in [-0.2, -0.15) is 17.8 Å². The Kier molecular flexibility index (Phi) is 4.14. The molecule has 12 heteroatoms. The summed E-state index contributed by atoms with van der Waals surface area (Å²) in [6.45, 7) is -0.833. The fourth-order valence-corrected chi connectivity index (χ4v) is 3.77. The number of fused-ring (bicyclic) bond motifs is 1. The molecule has 1 aliphatic carbocycles. The van der Waals surface area contributed by atoms with Gasteiger partial charge in [0.2, 0.25) is 0 Å². The van der Waals surface area contributed by atoms with Crippen LogP contribution in [0.2, 0.25) is 0 Å². The predicted molar refractivity (Wildman–Crippen MR) is 92.9 cm³/mol. The largest absolute Gasteiger partial charge is 0.393 e. The molecule has 2 aliphatic rings. The zero-order valence-corrected chi connectivity index (χ0v) is 14.6. The van der Waals surface area contributed by atoms with Gasteiger partial charge in [0.1, 0.15) is 0 Å². The molecule has 1 aliphatic heterocycles.